The third-order valence-electron chi connectivity index (χ3n) is 2.68. The van der Waals surface area contributed by atoms with Gasteiger partial charge in [-0.1, -0.05) is 12.1 Å². The maximum Gasteiger partial charge on any atom is 0.163 e. The summed E-state index contributed by atoms with van der Waals surface area (Å²) in [5.41, 5.74) is 7.03. The van der Waals surface area contributed by atoms with Crippen LogP contribution >= 0.6 is 0 Å². The zero-order chi connectivity index (χ0) is 12.4. The highest BCUT2D eigenvalue weighted by atomic mass is 19.2. The molecule has 2 nitrogen and oxygen atoms in total. The summed E-state index contributed by atoms with van der Waals surface area (Å²) in [6.45, 7) is 2.18. The molecule has 4 heteroatoms. The van der Waals surface area contributed by atoms with Crippen LogP contribution in [0.15, 0.2) is 36.7 Å². The number of halogens is 2. The molecule has 0 aliphatic heterocycles. The van der Waals surface area contributed by atoms with Crippen LogP contribution in [0.2, 0.25) is 0 Å². The van der Waals surface area contributed by atoms with Crippen molar-refractivity contribution in [1.29, 1.82) is 0 Å². The van der Waals surface area contributed by atoms with Gasteiger partial charge >= 0.3 is 0 Å². The average molecular weight is 236 g/mol. The van der Waals surface area contributed by atoms with Gasteiger partial charge in [-0.3, -0.25) is 0 Å². The first kappa shape index (κ1) is 11.8. The highest BCUT2D eigenvalue weighted by Crippen LogP contribution is 2.15. The van der Waals surface area contributed by atoms with Crippen molar-refractivity contribution in [2.45, 2.75) is 19.5 Å². The number of nitrogens with zero attached hydrogens (tertiary/aromatic N) is 1. The van der Waals surface area contributed by atoms with Gasteiger partial charge in [0.15, 0.2) is 11.6 Å². The van der Waals surface area contributed by atoms with Crippen molar-refractivity contribution in [2.24, 2.45) is 5.73 Å². The Kier molecular flexibility index (Phi) is 3.24. The van der Waals surface area contributed by atoms with Gasteiger partial charge in [0.1, 0.15) is 0 Å². The number of hydrogen-bond acceptors (Lipinski definition) is 1. The molecule has 0 aliphatic carbocycles. The zero-order valence-corrected chi connectivity index (χ0v) is 9.53. The molecule has 0 amide bonds. The van der Waals surface area contributed by atoms with Gasteiger partial charge in [0.05, 0.1) is 0 Å². The normalized spacial score (nSPS) is 12.7. The lowest BCUT2D eigenvalue weighted by Crippen LogP contribution is -2.04. The fourth-order valence-electron chi connectivity index (χ4n) is 1.69. The van der Waals surface area contributed by atoms with Gasteiger partial charge in [0.2, 0.25) is 0 Å². The Morgan fingerprint density at radius 3 is 2.71 bits per heavy atom. The summed E-state index contributed by atoms with van der Waals surface area (Å²) in [6, 6.07) is 6.01. The molecule has 17 heavy (non-hydrogen) atoms. The second-order valence-corrected chi connectivity index (χ2v) is 4.12. The van der Waals surface area contributed by atoms with E-state index in [-0.39, 0.29) is 6.04 Å². The molecule has 1 heterocycles. The molecule has 2 N–H and O–H groups in total. The molecule has 2 aromatic rings. The Labute approximate surface area is 98.7 Å². The minimum absolute atomic E-state index is 0.0615. The second-order valence-electron chi connectivity index (χ2n) is 4.12. The Morgan fingerprint density at radius 1 is 1.29 bits per heavy atom. The fraction of sp³-hybridized carbons (Fsp3) is 0.231. The van der Waals surface area contributed by atoms with Gasteiger partial charge in [0.25, 0.3) is 0 Å². The van der Waals surface area contributed by atoms with Gasteiger partial charge in [-0.15, -0.1) is 0 Å². The Balaban J connectivity index is 2.22. The van der Waals surface area contributed by atoms with Crippen LogP contribution in [0.4, 0.5) is 8.78 Å². The van der Waals surface area contributed by atoms with E-state index in [1.165, 1.54) is 6.07 Å². The van der Waals surface area contributed by atoms with Gasteiger partial charge in [-0.2, -0.15) is 0 Å². The van der Waals surface area contributed by atoms with E-state index < -0.39 is 11.6 Å². The summed E-state index contributed by atoms with van der Waals surface area (Å²) in [5.74, 6) is -1.61. The van der Waals surface area contributed by atoms with E-state index in [1.54, 1.807) is 10.6 Å². The lowest BCUT2D eigenvalue weighted by Gasteiger charge is -2.05. The quantitative estimate of drug-likeness (QED) is 0.872. The molecule has 2 rings (SSSR count). The van der Waals surface area contributed by atoms with Crippen molar-refractivity contribution in [2.75, 3.05) is 0 Å². The molecule has 0 aliphatic rings. The summed E-state index contributed by atoms with van der Waals surface area (Å²) in [4.78, 5) is 0. The Morgan fingerprint density at radius 2 is 2.06 bits per heavy atom. The molecule has 1 unspecified atom stereocenters. The first-order valence-corrected chi connectivity index (χ1v) is 5.42. The van der Waals surface area contributed by atoms with Gasteiger partial charge in [-0.05, 0) is 24.6 Å². The maximum absolute atomic E-state index is 13.4. The van der Waals surface area contributed by atoms with Gasteiger partial charge in [0, 0.05) is 30.5 Å². The lowest BCUT2D eigenvalue weighted by molar-refractivity contribution is 0.495. The van der Waals surface area contributed by atoms with Crippen molar-refractivity contribution in [1.82, 2.24) is 4.57 Å². The predicted octanol–water partition coefficient (Wildman–Crippen LogP) is 2.83. The van der Waals surface area contributed by atoms with E-state index in [0.29, 0.717) is 12.1 Å². The molecule has 1 aromatic carbocycles. The van der Waals surface area contributed by atoms with E-state index in [0.717, 1.165) is 11.6 Å². The summed E-state index contributed by atoms with van der Waals surface area (Å²) >= 11 is 0. The van der Waals surface area contributed by atoms with Crippen LogP contribution in [0.3, 0.4) is 0 Å². The van der Waals surface area contributed by atoms with Crippen molar-refractivity contribution < 1.29 is 8.78 Å². The van der Waals surface area contributed by atoms with Crippen molar-refractivity contribution >= 4 is 0 Å². The van der Waals surface area contributed by atoms with Crippen LogP contribution in [0.5, 0.6) is 0 Å². The van der Waals surface area contributed by atoms with E-state index >= 15 is 0 Å². The monoisotopic (exact) mass is 236 g/mol. The SMILES string of the molecule is CC(N)c1ccn(Cc2cccc(F)c2F)c1. The molecular formula is C13H14F2N2. The molecule has 90 valence electrons. The molecule has 1 atom stereocenters. The summed E-state index contributed by atoms with van der Waals surface area (Å²) < 4.78 is 28.2. The van der Waals surface area contributed by atoms with E-state index in [4.69, 9.17) is 5.73 Å². The van der Waals surface area contributed by atoms with Crippen LogP contribution in [0.1, 0.15) is 24.1 Å². The van der Waals surface area contributed by atoms with Crippen molar-refractivity contribution in [3.63, 3.8) is 0 Å². The van der Waals surface area contributed by atoms with Crippen molar-refractivity contribution in [3.05, 3.63) is 59.4 Å². The van der Waals surface area contributed by atoms with E-state index in [2.05, 4.69) is 0 Å². The molecule has 0 saturated heterocycles. The minimum atomic E-state index is -0.818. The number of rotatable bonds is 3. The third kappa shape index (κ3) is 2.53. The minimum Gasteiger partial charge on any atom is -0.349 e. The standard InChI is InChI=1S/C13H14F2N2/c1-9(16)10-5-6-17(7-10)8-11-3-2-4-12(14)13(11)15/h2-7,9H,8,16H2,1H3. The van der Waals surface area contributed by atoms with Crippen LogP contribution in [-0.2, 0) is 6.54 Å². The molecule has 0 spiro atoms. The number of hydrogen-bond donors (Lipinski definition) is 1. The smallest absolute Gasteiger partial charge is 0.163 e. The zero-order valence-electron chi connectivity index (χ0n) is 9.53. The predicted molar refractivity (Wildman–Crippen MR) is 62.5 cm³/mol. The van der Waals surface area contributed by atoms with E-state index in [1.807, 2.05) is 25.4 Å². The van der Waals surface area contributed by atoms with Crippen LogP contribution in [-0.4, -0.2) is 4.57 Å². The number of benzene rings is 1. The van der Waals surface area contributed by atoms with Crippen molar-refractivity contribution in [3.8, 4) is 0 Å². The van der Waals surface area contributed by atoms with Crippen LogP contribution in [0, 0.1) is 11.6 Å². The summed E-state index contributed by atoms with van der Waals surface area (Å²) in [7, 11) is 0. The highest BCUT2D eigenvalue weighted by Gasteiger charge is 2.08. The first-order valence-electron chi connectivity index (χ1n) is 5.42. The average Bonchev–Trinajstić information content (AvgIpc) is 2.73. The molecular weight excluding hydrogens is 222 g/mol. The summed E-state index contributed by atoms with van der Waals surface area (Å²) in [5, 5.41) is 0. The maximum atomic E-state index is 13.4. The summed E-state index contributed by atoms with van der Waals surface area (Å²) in [6.07, 6.45) is 3.65. The Hall–Kier alpha value is -1.68. The molecule has 0 saturated carbocycles. The largest absolute Gasteiger partial charge is 0.349 e. The first-order chi connectivity index (χ1) is 8.08. The lowest BCUT2D eigenvalue weighted by atomic mass is 10.2. The molecule has 0 fully saturated rings. The molecule has 0 radical (unpaired) electrons. The van der Waals surface area contributed by atoms with Crippen LogP contribution in [0.25, 0.3) is 0 Å². The van der Waals surface area contributed by atoms with E-state index in [9.17, 15) is 8.78 Å². The van der Waals surface area contributed by atoms with Gasteiger partial charge < -0.3 is 10.3 Å². The number of nitrogens with two attached hydrogens (primary N) is 1. The third-order valence-corrected chi connectivity index (χ3v) is 2.68. The van der Waals surface area contributed by atoms with Gasteiger partial charge in [-0.25, -0.2) is 8.78 Å². The molecule has 0 bridgehead atoms. The fourth-order valence-corrected chi connectivity index (χ4v) is 1.69. The highest BCUT2D eigenvalue weighted by molar-refractivity contribution is 5.21. The van der Waals surface area contributed by atoms with Crippen LogP contribution < -0.4 is 5.73 Å². The second kappa shape index (κ2) is 4.67. The number of aromatic nitrogens is 1. The molecule has 1 aromatic heterocycles. The topological polar surface area (TPSA) is 30.9 Å². The Bertz CT molecular complexity index is 518.